The summed E-state index contributed by atoms with van der Waals surface area (Å²) in [5.74, 6) is -23.9. The van der Waals surface area contributed by atoms with E-state index in [0.29, 0.717) is 0 Å². The van der Waals surface area contributed by atoms with E-state index in [1.165, 1.54) is 0 Å². The fourth-order valence-corrected chi connectivity index (χ4v) is 2.62. The highest BCUT2D eigenvalue weighted by Crippen LogP contribution is 2.59. The average Bonchev–Trinajstić information content (AvgIpc) is 1.93. The number of halogens is 8. The van der Waals surface area contributed by atoms with Crippen LogP contribution < -0.4 is 0 Å². The molecule has 1 N–H and O–H groups in total. The summed E-state index contributed by atoms with van der Waals surface area (Å²) in [6.45, 7) is 0. The summed E-state index contributed by atoms with van der Waals surface area (Å²) >= 11 is 0. The van der Waals surface area contributed by atoms with Crippen LogP contribution in [-0.4, -0.2) is 41.9 Å². The lowest BCUT2D eigenvalue weighted by Gasteiger charge is -2.44. The quantitative estimate of drug-likeness (QED) is 0.597. The first-order valence-electron chi connectivity index (χ1n) is 4.05. The highest BCUT2D eigenvalue weighted by molar-refractivity contribution is 7.86. The van der Waals surface area contributed by atoms with Crippen LogP contribution in [0.5, 0.6) is 0 Å². The second kappa shape index (κ2) is 3.46. The van der Waals surface area contributed by atoms with E-state index in [4.69, 9.17) is 4.55 Å². The van der Waals surface area contributed by atoms with E-state index in [9.17, 15) is 43.5 Å². The largest absolute Gasteiger partial charge is 0.373 e. The predicted octanol–water partition coefficient (Wildman–Crippen LogP) is 2.19. The van der Waals surface area contributed by atoms with Crippen molar-refractivity contribution in [3.63, 3.8) is 0 Å². The van der Waals surface area contributed by atoms with Crippen molar-refractivity contribution in [1.29, 1.82) is 0 Å². The smallest absolute Gasteiger partial charge is 0.285 e. The van der Waals surface area contributed by atoms with Crippen LogP contribution in [0.1, 0.15) is 6.42 Å². The van der Waals surface area contributed by atoms with Gasteiger partial charge in [-0.3, -0.25) is 4.55 Å². The van der Waals surface area contributed by atoms with Gasteiger partial charge in [-0.05, 0) is 0 Å². The third-order valence-electron chi connectivity index (χ3n) is 2.35. The van der Waals surface area contributed by atoms with Crippen LogP contribution in [0, 0.1) is 0 Å². The lowest BCUT2D eigenvalue weighted by atomic mass is 9.85. The van der Waals surface area contributed by atoms with E-state index >= 15 is 0 Å². The fraction of sp³-hybridized carbons (Fsp3) is 1.00. The minimum Gasteiger partial charge on any atom is -0.285 e. The summed E-state index contributed by atoms with van der Waals surface area (Å²) in [5.41, 5.74) is 0. The average molecular weight is 308 g/mol. The van der Waals surface area contributed by atoms with E-state index in [1.807, 2.05) is 0 Å². The van der Waals surface area contributed by atoms with Gasteiger partial charge >= 0.3 is 17.8 Å². The van der Waals surface area contributed by atoms with Crippen LogP contribution in [0.15, 0.2) is 0 Å². The van der Waals surface area contributed by atoms with Crippen molar-refractivity contribution in [3.8, 4) is 0 Å². The molecule has 1 unspecified atom stereocenters. The molecule has 1 fully saturated rings. The van der Waals surface area contributed by atoms with Crippen LogP contribution in [0.4, 0.5) is 35.1 Å². The number of alkyl halides is 8. The Morgan fingerprint density at radius 3 is 1.67 bits per heavy atom. The van der Waals surface area contributed by atoms with Gasteiger partial charge < -0.3 is 0 Å². The molecule has 0 aromatic heterocycles. The highest BCUT2D eigenvalue weighted by atomic mass is 32.2. The summed E-state index contributed by atoms with van der Waals surface area (Å²) in [4.78, 5) is 0. The zero-order valence-corrected chi connectivity index (χ0v) is 8.80. The van der Waals surface area contributed by atoms with Crippen LogP contribution in [0.2, 0.25) is 0 Å². The number of hydrogen-bond acceptors (Lipinski definition) is 2. The molecular weight excluding hydrogens is 304 g/mol. The van der Waals surface area contributed by atoms with Gasteiger partial charge in [0.2, 0.25) is 5.25 Å². The van der Waals surface area contributed by atoms with Crippen LogP contribution in [0.3, 0.4) is 0 Å². The van der Waals surface area contributed by atoms with Gasteiger partial charge in [0.25, 0.3) is 16.0 Å². The molecule has 1 aliphatic carbocycles. The monoisotopic (exact) mass is 308 g/mol. The SMILES string of the molecule is O=S(=O)(O)C1C(F)(F)CC(F)(F)C(F)(F)C1(F)F. The van der Waals surface area contributed by atoms with Crippen molar-refractivity contribution in [2.45, 2.75) is 35.4 Å². The Morgan fingerprint density at radius 1 is 0.944 bits per heavy atom. The lowest BCUT2D eigenvalue weighted by Crippen LogP contribution is -2.71. The molecule has 3 nitrogen and oxygen atoms in total. The van der Waals surface area contributed by atoms with Crippen LogP contribution in [-0.2, 0) is 10.1 Å². The van der Waals surface area contributed by atoms with E-state index < -0.39 is 45.5 Å². The molecule has 0 aliphatic heterocycles. The van der Waals surface area contributed by atoms with Gasteiger partial charge in [0, 0.05) is 0 Å². The third-order valence-corrected chi connectivity index (χ3v) is 3.58. The molecule has 108 valence electrons. The summed E-state index contributed by atoms with van der Waals surface area (Å²) < 4.78 is 131. The molecule has 0 heterocycles. The minimum absolute atomic E-state index is 3.12. The summed E-state index contributed by atoms with van der Waals surface area (Å²) in [5, 5.41) is -4.63. The van der Waals surface area contributed by atoms with Crippen molar-refractivity contribution in [2.24, 2.45) is 0 Å². The minimum atomic E-state index is -6.38. The van der Waals surface area contributed by atoms with Crippen LogP contribution >= 0.6 is 0 Å². The molecule has 0 saturated heterocycles. The Hall–Kier alpha value is -0.650. The van der Waals surface area contributed by atoms with Gasteiger partial charge in [-0.1, -0.05) is 0 Å². The maximum Gasteiger partial charge on any atom is 0.373 e. The second-order valence-corrected chi connectivity index (χ2v) is 5.24. The third kappa shape index (κ3) is 1.85. The van der Waals surface area contributed by atoms with Gasteiger partial charge in [-0.2, -0.15) is 34.8 Å². The molecule has 0 amide bonds. The molecular formula is C6H4F8O3S. The Labute approximate surface area is 94.5 Å². The van der Waals surface area contributed by atoms with Gasteiger partial charge in [0.15, 0.2) is 0 Å². The molecule has 0 radical (unpaired) electrons. The summed E-state index contributed by atoms with van der Waals surface area (Å²) in [6.07, 6.45) is -3.12. The van der Waals surface area contributed by atoms with Gasteiger partial charge in [0.05, 0.1) is 6.42 Å². The summed E-state index contributed by atoms with van der Waals surface area (Å²) in [6, 6.07) is 0. The standard InChI is InChI=1S/C6H4F8O3S/c7-3(8)1-4(9,10)6(13,14)5(11,12)2(3)18(15,16)17/h2H,1H2,(H,15,16,17). The number of hydrogen-bond donors (Lipinski definition) is 1. The zero-order chi connectivity index (χ0) is 14.8. The van der Waals surface area contributed by atoms with Crippen molar-refractivity contribution in [1.82, 2.24) is 0 Å². The first-order chi connectivity index (χ1) is 7.57. The van der Waals surface area contributed by atoms with E-state index in [0.717, 1.165) is 0 Å². The first kappa shape index (κ1) is 15.4. The summed E-state index contributed by atoms with van der Waals surface area (Å²) in [7, 11) is -6.38. The van der Waals surface area contributed by atoms with Crippen molar-refractivity contribution < 1.29 is 48.1 Å². The molecule has 0 bridgehead atoms. The lowest BCUT2D eigenvalue weighted by molar-refractivity contribution is -0.359. The predicted molar refractivity (Wildman–Crippen MR) is 39.7 cm³/mol. The molecule has 0 aromatic carbocycles. The Bertz CT molecular complexity index is 455. The molecule has 1 saturated carbocycles. The Balaban J connectivity index is 3.55. The number of rotatable bonds is 1. The first-order valence-corrected chi connectivity index (χ1v) is 5.55. The molecule has 1 atom stereocenters. The zero-order valence-electron chi connectivity index (χ0n) is 7.98. The normalized spacial score (nSPS) is 33.1. The van der Waals surface area contributed by atoms with Crippen molar-refractivity contribution in [2.75, 3.05) is 0 Å². The second-order valence-electron chi connectivity index (χ2n) is 3.73. The van der Waals surface area contributed by atoms with Crippen molar-refractivity contribution >= 4 is 10.1 Å². The fourth-order valence-electron chi connectivity index (χ4n) is 1.58. The Kier molecular flexibility index (Phi) is 2.96. The maximum absolute atomic E-state index is 12.9. The topological polar surface area (TPSA) is 54.4 Å². The van der Waals surface area contributed by atoms with Gasteiger partial charge in [-0.15, -0.1) is 0 Å². The Morgan fingerprint density at radius 2 is 1.33 bits per heavy atom. The molecule has 1 rings (SSSR count). The molecule has 1 aliphatic rings. The maximum atomic E-state index is 12.9. The van der Waals surface area contributed by atoms with Gasteiger partial charge in [0.1, 0.15) is 0 Å². The highest BCUT2D eigenvalue weighted by Gasteiger charge is 2.85. The van der Waals surface area contributed by atoms with Gasteiger partial charge in [-0.25, -0.2) is 8.78 Å². The molecule has 12 heteroatoms. The molecule has 18 heavy (non-hydrogen) atoms. The molecule has 0 aromatic rings. The van der Waals surface area contributed by atoms with E-state index in [2.05, 4.69) is 0 Å². The van der Waals surface area contributed by atoms with Crippen LogP contribution in [0.25, 0.3) is 0 Å². The molecule has 0 spiro atoms. The van der Waals surface area contributed by atoms with E-state index in [-0.39, 0.29) is 0 Å². The van der Waals surface area contributed by atoms with E-state index in [1.54, 1.807) is 0 Å². The van der Waals surface area contributed by atoms with Crippen molar-refractivity contribution in [3.05, 3.63) is 0 Å².